The van der Waals surface area contributed by atoms with Crippen LogP contribution in [0.4, 0.5) is 0 Å². The molecule has 0 bridgehead atoms. The van der Waals surface area contributed by atoms with Crippen molar-refractivity contribution in [1.29, 1.82) is 0 Å². The van der Waals surface area contributed by atoms with Crippen molar-refractivity contribution >= 4 is 11.6 Å². The minimum atomic E-state index is -0.0279. The first-order chi connectivity index (χ1) is 10.2. The van der Waals surface area contributed by atoms with Gasteiger partial charge in [0, 0.05) is 18.8 Å². The monoisotopic (exact) mass is 307 g/mol. The molecule has 0 aliphatic rings. The molecule has 0 saturated carbocycles. The van der Waals surface area contributed by atoms with E-state index in [1.165, 1.54) is 0 Å². The van der Waals surface area contributed by atoms with E-state index in [2.05, 4.69) is 29.4 Å². The van der Waals surface area contributed by atoms with Gasteiger partial charge in [-0.05, 0) is 30.5 Å². The zero-order chi connectivity index (χ0) is 15.2. The molecule has 0 fully saturated rings. The molecule has 0 radical (unpaired) electrons. The van der Waals surface area contributed by atoms with Gasteiger partial charge in [-0.15, -0.1) is 0 Å². The van der Waals surface area contributed by atoms with Crippen LogP contribution in [0.25, 0.3) is 0 Å². The van der Waals surface area contributed by atoms with Gasteiger partial charge in [-0.25, -0.2) is 4.98 Å². The van der Waals surface area contributed by atoms with Gasteiger partial charge in [0.2, 0.25) is 0 Å². The fourth-order valence-electron chi connectivity index (χ4n) is 2.43. The highest BCUT2D eigenvalue weighted by atomic mass is 35.5. The highest BCUT2D eigenvalue weighted by molar-refractivity contribution is 6.29. The number of nitrogens with one attached hydrogen (secondary N) is 1. The van der Waals surface area contributed by atoms with Crippen molar-refractivity contribution in [2.45, 2.75) is 45.2 Å². The number of hydrogen-bond acceptors (Lipinski definition) is 4. The number of nitrogens with zero attached hydrogens (tertiary/aromatic N) is 3. The van der Waals surface area contributed by atoms with E-state index >= 15 is 0 Å². The average molecular weight is 308 g/mol. The smallest absolute Gasteiger partial charge is 0.129 e. The Hall–Kier alpha value is -1.43. The first kappa shape index (κ1) is 15.9. The van der Waals surface area contributed by atoms with E-state index in [0.29, 0.717) is 17.6 Å². The Kier molecular flexibility index (Phi) is 5.73. The zero-order valence-corrected chi connectivity index (χ0v) is 13.2. The maximum Gasteiger partial charge on any atom is 0.129 e. The van der Waals surface area contributed by atoms with Gasteiger partial charge in [-0.1, -0.05) is 31.5 Å². The Balaban J connectivity index is 2.10. The van der Waals surface area contributed by atoms with Crippen LogP contribution in [0.5, 0.6) is 0 Å². The minimum absolute atomic E-state index is 0.0279. The van der Waals surface area contributed by atoms with Crippen LogP contribution < -0.4 is 11.3 Å². The van der Waals surface area contributed by atoms with Crippen LogP contribution in [0.2, 0.25) is 5.15 Å². The molecule has 0 spiro atoms. The van der Waals surface area contributed by atoms with Gasteiger partial charge < -0.3 is 0 Å². The van der Waals surface area contributed by atoms with Crippen LogP contribution in [-0.4, -0.2) is 14.8 Å². The second-order valence-electron chi connectivity index (χ2n) is 5.10. The number of hydrazine groups is 1. The summed E-state index contributed by atoms with van der Waals surface area (Å²) in [5, 5.41) is 5.14. The lowest BCUT2D eigenvalue weighted by atomic mass is 10.1. The van der Waals surface area contributed by atoms with Gasteiger partial charge >= 0.3 is 0 Å². The molecule has 6 heteroatoms. The minimum Gasteiger partial charge on any atom is -0.271 e. The predicted octanol–water partition coefficient (Wildman–Crippen LogP) is 3.04. The number of halogens is 1. The SMILES string of the molecule is CCC(CC)n1ccc(CC(NN)c2ccc(Cl)nc2)n1. The summed E-state index contributed by atoms with van der Waals surface area (Å²) in [5.74, 6) is 5.66. The highest BCUT2D eigenvalue weighted by Gasteiger charge is 2.14. The van der Waals surface area contributed by atoms with E-state index in [4.69, 9.17) is 17.4 Å². The number of hydrogen-bond donors (Lipinski definition) is 2. The fraction of sp³-hybridized carbons (Fsp3) is 0.467. The molecular formula is C15H22ClN5. The summed E-state index contributed by atoms with van der Waals surface area (Å²) < 4.78 is 2.04. The first-order valence-corrected chi connectivity index (χ1v) is 7.67. The Bertz CT molecular complexity index is 547. The Morgan fingerprint density at radius 1 is 1.29 bits per heavy atom. The van der Waals surface area contributed by atoms with E-state index in [9.17, 15) is 0 Å². The molecule has 0 aliphatic carbocycles. The normalized spacial score (nSPS) is 12.8. The molecule has 2 aromatic rings. The fourth-order valence-corrected chi connectivity index (χ4v) is 2.54. The van der Waals surface area contributed by atoms with E-state index < -0.39 is 0 Å². The molecule has 1 unspecified atom stereocenters. The highest BCUT2D eigenvalue weighted by Crippen LogP contribution is 2.19. The van der Waals surface area contributed by atoms with E-state index in [0.717, 1.165) is 24.1 Å². The van der Waals surface area contributed by atoms with Crippen molar-refractivity contribution in [3.05, 3.63) is 47.0 Å². The molecule has 0 saturated heterocycles. The van der Waals surface area contributed by atoms with Gasteiger partial charge in [-0.2, -0.15) is 5.10 Å². The molecule has 114 valence electrons. The summed E-state index contributed by atoms with van der Waals surface area (Å²) in [7, 11) is 0. The van der Waals surface area contributed by atoms with Gasteiger partial charge in [0.05, 0.1) is 17.8 Å². The Morgan fingerprint density at radius 2 is 2.05 bits per heavy atom. The lowest BCUT2D eigenvalue weighted by Crippen LogP contribution is -2.29. The first-order valence-electron chi connectivity index (χ1n) is 7.29. The molecule has 0 aromatic carbocycles. The summed E-state index contributed by atoms with van der Waals surface area (Å²) >= 11 is 5.81. The summed E-state index contributed by atoms with van der Waals surface area (Å²) in [6.45, 7) is 4.36. The maximum atomic E-state index is 5.81. The summed E-state index contributed by atoms with van der Waals surface area (Å²) in [5.41, 5.74) is 4.83. The van der Waals surface area contributed by atoms with Crippen molar-refractivity contribution in [3.8, 4) is 0 Å². The molecule has 5 nitrogen and oxygen atoms in total. The van der Waals surface area contributed by atoms with E-state index in [1.807, 2.05) is 23.0 Å². The Labute approximate surface area is 130 Å². The van der Waals surface area contributed by atoms with Gasteiger partial charge in [0.25, 0.3) is 0 Å². The molecule has 2 heterocycles. The molecule has 3 N–H and O–H groups in total. The molecule has 0 aliphatic heterocycles. The molecule has 0 amide bonds. The Morgan fingerprint density at radius 3 is 2.62 bits per heavy atom. The van der Waals surface area contributed by atoms with Crippen molar-refractivity contribution in [2.75, 3.05) is 0 Å². The van der Waals surface area contributed by atoms with Crippen LogP contribution in [0.3, 0.4) is 0 Å². The molecule has 2 rings (SSSR count). The number of rotatable bonds is 7. The number of nitrogens with two attached hydrogens (primary N) is 1. The van der Waals surface area contributed by atoms with Crippen molar-refractivity contribution in [2.24, 2.45) is 5.84 Å². The van der Waals surface area contributed by atoms with E-state index in [1.54, 1.807) is 12.3 Å². The summed E-state index contributed by atoms with van der Waals surface area (Å²) in [6.07, 6.45) is 6.66. The van der Waals surface area contributed by atoms with Crippen LogP contribution in [0.1, 0.15) is 50.0 Å². The van der Waals surface area contributed by atoms with Crippen LogP contribution in [0, 0.1) is 0 Å². The molecular weight excluding hydrogens is 286 g/mol. The summed E-state index contributed by atoms with van der Waals surface area (Å²) in [4.78, 5) is 4.09. The van der Waals surface area contributed by atoms with Crippen LogP contribution in [-0.2, 0) is 6.42 Å². The zero-order valence-electron chi connectivity index (χ0n) is 12.5. The third-order valence-corrected chi connectivity index (χ3v) is 3.97. The second-order valence-corrected chi connectivity index (χ2v) is 5.48. The third kappa shape index (κ3) is 4.03. The standard InChI is InChI=1S/C15H22ClN5/c1-3-13(4-2)21-8-7-12(20-21)9-14(19-17)11-5-6-15(16)18-10-11/h5-8,10,13-14,19H,3-4,9,17H2,1-2H3. The quantitative estimate of drug-likeness (QED) is 0.469. The average Bonchev–Trinajstić information content (AvgIpc) is 2.96. The van der Waals surface area contributed by atoms with E-state index in [-0.39, 0.29) is 6.04 Å². The summed E-state index contributed by atoms with van der Waals surface area (Å²) in [6, 6.07) is 6.17. The van der Waals surface area contributed by atoms with Crippen molar-refractivity contribution in [1.82, 2.24) is 20.2 Å². The van der Waals surface area contributed by atoms with Crippen molar-refractivity contribution < 1.29 is 0 Å². The topological polar surface area (TPSA) is 68.8 Å². The van der Waals surface area contributed by atoms with Gasteiger partial charge in [-0.3, -0.25) is 16.0 Å². The molecule has 21 heavy (non-hydrogen) atoms. The second kappa shape index (κ2) is 7.54. The third-order valence-electron chi connectivity index (χ3n) is 3.75. The molecule has 2 aromatic heterocycles. The largest absolute Gasteiger partial charge is 0.271 e. The predicted molar refractivity (Wildman–Crippen MR) is 84.9 cm³/mol. The van der Waals surface area contributed by atoms with Gasteiger partial charge in [0.15, 0.2) is 0 Å². The van der Waals surface area contributed by atoms with Crippen molar-refractivity contribution in [3.63, 3.8) is 0 Å². The van der Waals surface area contributed by atoms with Gasteiger partial charge in [0.1, 0.15) is 5.15 Å². The lowest BCUT2D eigenvalue weighted by molar-refractivity contribution is 0.422. The van der Waals surface area contributed by atoms with Crippen LogP contribution >= 0.6 is 11.6 Å². The number of pyridine rings is 1. The molecule has 1 atom stereocenters. The number of aromatic nitrogens is 3. The maximum absolute atomic E-state index is 5.81. The lowest BCUT2D eigenvalue weighted by Gasteiger charge is -2.15. The van der Waals surface area contributed by atoms with Crippen LogP contribution in [0.15, 0.2) is 30.6 Å².